The van der Waals surface area contributed by atoms with Crippen molar-refractivity contribution >= 4 is 17.3 Å². The third-order valence-corrected chi connectivity index (χ3v) is 3.64. The van der Waals surface area contributed by atoms with E-state index in [0.717, 1.165) is 24.7 Å². The highest BCUT2D eigenvalue weighted by atomic mass is 35.5. The number of piperidine rings is 1. The maximum absolute atomic E-state index is 6.06. The zero-order chi connectivity index (χ0) is 13.0. The van der Waals surface area contributed by atoms with Crippen LogP contribution in [0, 0.1) is 5.92 Å². The SMILES string of the molecule is CC(C)CNC1CCCN(c2cccc(Cl)c2)C1. The summed E-state index contributed by atoms with van der Waals surface area (Å²) < 4.78 is 0. The lowest BCUT2D eigenvalue weighted by molar-refractivity contribution is 0.399. The molecule has 0 bridgehead atoms. The fourth-order valence-electron chi connectivity index (χ4n) is 2.45. The van der Waals surface area contributed by atoms with E-state index >= 15 is 0 Å². The van der Waals surface area contributed by atoms with Gasteiger partial charge in [0, 0.05) is 29.8 Å². The molecule has 0 radical (unpaired) electrons. The number of nitrogens with zero attached hydrogens (tertiary/aromatic N) is 1. The quantitative estimate of drug-likeness (QED) is 0.897. The summed E-state index contributed by atoms with van der Waals surface area (Å²) >= 11 is 6.06. The van der Waals surface area contributed by atoms with Gasteiger partial charge in [0.1, 0.15) is 0 Å². The molecule has 0 saturated carbocycles. The summed E-state index contributed by atoms with van der Waals surface area (Å²) in [6, 6.07) is 8.79. The standard InChI is InChI=1S/C15H23ClN2/c1-12(2)10-17-14-6-4-8-18(11-14)15-7-3-5-13(16)9-15/h3,5,7,9,12,14,17H,4,6,8,10-11H2,1-2H3. The summed E-state index contributed by atoms with van der Waals surface area (Å²) in [6.07, 6.45) is 2.53. The molecule has 1 saturated heterocycles. The van der Waals surface area contributed by atoms with Gasteiger partial charge in [0.05, 0.1) is 0 Å². The largest absolute Gasteiger partial charge is 0.370 e. The number of hydrogen-bond donors (Lipinski definition) is 1. The summed E-state index contributed by atoms with van der Waals surface area (Å²) in [5.74, 6) is 0.714. The smallest absolute Gasteiger partial charge is 0.0426 e. The molecule has 2 rings (SSSR count). The molecule has 0 amide bonds. The van der Waals surface area contributed by atoms with Crippen LogP contribution < -0.4 is 10.2 Å². The van der Waals surface area contributed by atoms with Crippen LogP contribution in [-0.4, -0.2) is 25.7 Å². The molecule has 18 heavy (non-hydrogen) atoms. The summed E-state index contributed by atoms with van der Waals surface area (Å²) in [6.45, 7) is 7.84. The molecular formula is C15H23ClN2. The van der Waals surface area contributed by atoms with Crippen LogP contribution in [0.5, 0.6) is 0 Å². The molecule has 1 aliphatic heterocycles. The lowest BCUT2D eigenvalue weighted by atomic mass is 10.0. The van der Waals surface area contributed by atoms with E-state index in [-0.39, 0.29) is 0 Å². The van der Waals surface area contributed by atoms with E-state index in [1.165, 1.54) is 18.5 Å². The molecule has 3 heteroatoms. The van der Waals surface area contributed by atoms with Crippen molar-refractivity contribution in [3.63, 3.8) is 0 Å². The average Bonchev–Trinajstić information content (AvgIpc) is 2.37. The summed E-state index contributed by atoms with van der Waals surface area (Å²) in [5.41, 5.74) is 1.25. The van der Waals surface area contributed by atoms with E-state index in [1.54, 1.807) is 0 Å². The fourth-order valence-corrected chi connectivity index (χ4v) is 2.64. The van der Waals surface area contributed by atoms with Gasteiger partial charge in [-0.05, 0) is 43.5 Å². The van der Waals surface area contributed by atoms with Crippen molar-refractivity contribution in [1.82, 2.24) is 5.32 Å². The number of hydrogen-bond acceptors (Lipinski definition) is 2. The number of anilines is 1. The second-order valence-corrected chi connectivity index (χ2v) is 6.00. The van der Waals surface area contributed by atoms with E-state index in [0.29, 0.717) is 12.0 Å². The van der Waals surface area contributed by atoms with Crippen molar-refractivity contribution < 1.29 is 0 Å². The highest BCUT2D eigenvalue weighted by Gasteiger charge is 2.19. The van der Waals surface area contributed by atoms with Gasteiger partial charge < -0.3 is 10.2 Å². The van der Waals surface area contributed by atoms with Crippen molar-refractivity contribution in [2.45, 2.75) is 32.7 Å². The van der Waals surface area contributed by atoms with Crippen LogP contribution in [0.25, 0.3) is 0 Å². The van der Waals surface area contributed by atoms with E-state index in [1.807, 2.05) is 12.1 Å². The minimum Gasteiger partial charge on any atom is -0.370 e. The van der Waals surface area contributed by atoms with Crippen molar-refractivity contribution in [3.05, 3.63) is 29.3 Å². The van der Waals surface area contributed by atoms with Gasteiger partial charge in [-0.3, -0.25) is 0 Å². The molecular weight excluding hydrogens is 244 g/mol. The Bertz CT molecular complexity index is 379. The number of nitrogens with one attached hydrogen (secondary N) is 1. The Morgan fingerprint density at radius 1 is 1.44 bits per heavy atom. The Balaban J connectivity index is 1.94. The fraction of sp³-hybridized carbons (Fsp3) is 0.600. The molecule has 1 aromatic rings. The van der Waals surface area contributed by atoms with Crippen LogP contribution in [0.15, 0.2) is 24.3 Å². The molecule has 2 nitrogen and oxygen atoms in total. The zero-order valence-corrected chi connectivity index (χ0v) is 12.1. The molecule has 1 unspecified atom stereocenters. The minimum absolute atomic E-state index is 0.611. The van der Waals surface area contributed by atoms with Crippen LogP contribution in [0.2, 0.25) is 5.02 Å². The van der Waals surface area contributed by atoms with Crippen molar-refractivity contribution in [3.8, 4) is 0 Å². The van der Waals surface area contributed by atoms with Crippen molar-refractivity contribution in [2.75, 3.05) is 24.5 Å². The Morgan fingerprint density at radius 2 is 2.28 bits per heavy atom. The van der Waals surface area contributed by atoms with Crippen LogP contribution in [0.1, 0.15) is 26.7 Å². The zero-order valence-electron chi connectivity index (χ0n) is 11.3. The average molecular weight is 267 g/mol. The van der Waals surface area contributed by atoms with E-state index in [9.17, 15) is 0 Å². The first-order chi connectivity index (χ1) is 8.65. The monoisotopic (exact) mass is 266 g/mol. The second kappa shape index (κ2) is 6.44. The number of rotatable bonds is 4. The molecule has 0 spiro atoms. The maximum atomic E-state index is 6.06. The summed E-state index contributed by atoms with van der Waals surface area (Å²) in [7, 11) is 0. The van der Waals surface area contributed by atoms with E-state index < -0.39 is 0 Å². The predicted octanol–water partition coefficient (Wildman–Crippen LogP) is 3.55. The Labute approximate surface area is 115 Å². The second-order valence-electron chi connectivity index (χ2n) is 5.57. The summed E-state index contributed by atoms with van der Waals surface area (Å²) in [5, 5.41) is 4.48. The lowest BCUT2D eigenvalue weighted by Gasteiger charge is -2.35. The minimum atomic E-state index is 0.611. The molecule has 1 atom stereocenters. The van der Waals surface area contributed by atoms with Gasteiger partial charge in [-0.1, -0.05) is 31.5 Å². The van der Waals surface area contributed by atoms with Crippen molar-refractivity contribution in [1.29, 1.82) is 0 Å². The Hall–Kier alpha value is -0.730. The van der Waals surface area contributed by atoms with Gasteiger partial charge in [-0.25, -0.2) is 0 Å². The molecule has 1 N–H and O–H groups in total. The Kier molecular flexibility index (Phi) is 4.90. The third-order valence-electron chi connectivity index (χ3n) is 3.41. The van der Waals surface area contributed by atoms with Crippen LogP contribution in [0.3, 0.4) is 0 Å². The molecule has 1 aromatic carbocycles. The van der Waals surface area contributed by atoms with Crippen LogP contribution >= 0.6 is 11.6 Å². The van der Waals surface area contributed by atoms with E-state index in [4.69, 9.17) is 11.6 Å². The molecule has 100 valence electrons. The topological polar surface area (TPSA) is 15.3 Å². The van der Waals surface area contributed by atoms with Gasteiger partial charge in [0.2, 0.25) is 0 Å². The van der Waals surface area contributed by atoms with E-state index in [2.05, 4.69) is 36.2 Å². The lowest BCUT2D eigenvalue weighted by Crippen LogP contribution is -2.46. The predicted molar refractivity (Wildman–Crippen MR) is 79.5 cm³/mol. The van der Waals surface area contributed by atoms with Gasteiger partial charge in [0.15, 0.2) is 0 Å². The highest BCUT2D eigenvalue weighted by molar-refractivity contribution is 6.30. The molecule has 0 aromatic heterocycles. The van der Waals surface area contributed by atoms with Gasteiger partial charge >= 0.3 is 0 Å². The summed E-state index contributed by atoms with van der Waals surface area (Å²) in [4.78, 5) is 2.44. The highest BCUT2D eigenvalue weighted by Crippen LogP contribution is 2.23. The normalized spacial score (nSPS) is 20.4. The van der Waals surface area contributed by atoms with Crippen LogP contribution in [-0.2, 0) is 0 Å². The first-order valence-corrected chi connectivity index (χ1v) is 7.27. The number of halogens is 1. The van der Waals surface area contributed by atoms with Gasteiger partial charge in [-0.2, -0.15) is 0 Å². The molecule has 1 heterocycles. The van der Waals surface area contributed by atoms with Gasteiger partial charge in [0.25, 0.3) is 0 Å². The van der Waals surface area contributed by atoms with Crippen molar-refractivity contribution in [2.24, 2.45) is 5.92 Å². The Morgan fingerprint density at radius 3 is 3.00 bits per heavy atom. The van der Waals surface area contributed by atoms with Crippen LogP contribution in [0.4, 0.5) is 5.69 Å². The maximum Gasteiger partial charge on any atom is 0.0426 e. The first-order valence-electron chi connectivity index (χ1n) is 6.89. The molecule has 1 fully saturated rings. The molecule has 1 aliphatic rings. The molecule has 0 aliphatic carbocycles. The third kappa shape index (κ3) is 3.89. The first kappa shape index (κ1) is 13.7. The van der Waals surface area contributed by atoms with Gasteiger partial charge in [-0.15, -0.1) is 0 Å². The number of benzene rings is 1.